The van der Waals surface area contributed by atoms with Gasteiger partial charge in [0.2, 0.25) is 0 Å². The van der Waals surface area contributed by atoms with Crippen LogP contribution in [0.2, 0.25) is 0 Å². The number of benzene rings is 1. The Kier molecular flexibility index (Phi) is 7.76. The first kappa shape index (κ1) is 16.2. The van der Waals surface area contributed by atoms with E-state index in [-0.39, 0.29) is 0 Å². The van der Waals surface area contributed by atoms with E-state index in [0.29, 0.717) is 6.04 Å². The Morgan fingerprint density at radius 1 is 0.947 bits per heavy atom. The maximum atomic E-state index is 5.72. The standard InChI is InChI=1S/C17H30N2/c1-4-5-6-7-8-9-10-17(19-18)16-12-14(2)11-15(3)13-16/h11-13,17,19H,4-10,18H2,1-3H3. The van der Waals surface area contributed by atoms with Crippen LogP contribution in [0.3, 0.4) is 0 Å². The lowest BCUT2D eigenvalue weighted by molar-refractivity contribution is 0.476. The van der Waals surface area contributed by atoms with E-state index in [1.54, 1.807) is 0 Å². The van der Waals surface area contributed by atoms with Crippen molar-refractivity contribution in [3.63, 3.8) is 0 Å². The molecular weight excluding hydrogens is 232 g/mol. The molecule has 0 bridgehead atoms. The Hall–Kier alpha value is -0.860. The molecule has 0 aliphatic carbocycles. The van der Waals surface area contributed by atoms with Gasteiger partial charge >= 0.3 is 0 Å². The number of hydrogen-bond donors (Lipinski definition) is 2. The summed E-state index contributed by atoms with van der Waals surface area (Å²) in [6.07, 6.45) is 9.13. The van der Waals surface area contributed by atoms with E-state index < -0.39 is 0 Å². The molecule has 2 nitrogen and oxygen atoms in total. The maximum absolute atomic E-state index is 5.72. The van der Waals surface area contributed by atoms with Crippen molar-refractivity contribution in [2.75, 3.05) is 0 Å². The van der Waals surface area contributed by atoms with Crippen LogP contribution < -0.4 is 11.3 Å². The zero-order valence-electron chi connectivity index (χ0n) is 12.8. The molecule has 108 valence electrons. The smallest absolute Gasteiger partial charge is 0.0460 e. The SMILES string of the molecule is CCCCCCCCC(NN)c1cc(C)cc(C)c1. The van der Waals surface area contributed by atoms with Gasteiger partial charge in [0.05, 0.1) is 0 Å². The zero-order valence-corrected chi connectivity index (χ0v) is 12.8. The van der Waals surface area contributed by atoms with Crippen LogP contribution >= 0.6 is 0 Å². The molecule has 0 heterocycles. The van der Waals surface area contributed by atoms with E-state index in [1.165, 1.54) is 55.2 Å². The summed E-state index contributed by atoms with van der Waals surface area (Å²) in [6.45, 7) is 6.55. The van der Waals surface area contributed by atoms with Crippen LogP contribution in [0.15, 0.2) is 18.2 Å². The van der Waals surface area contributed by atoms with E-state index in [4.69, 9.17) is 5.84 Å². The average Bonchev–Trinajstić information content (AvgIpc) is 2.37. The summed E-state index contributed by atoms with van der Waals surface area (Å²) in [5, 5.41) is 0. The monoisotopic (exact) mass is 262 g/mol. The molecular formula is C17H30N2. The molecule has 0 saturated carbocycles. The van der Waals surface area contributed by atoms with Crippen molar-refractivity contribution in [1.29, 1.82) is 0 Å². The molecule has 0 aromatic heterocycles. The summed E-state index contributed by atoms with van der Waals surface area (Å²) >= 11 is 0. The van der Waals surface area contributed by atoms with Gasteiger partial charge in [0.25, 0.3) is 0 Å². The van der Waals surface area contributed by atoms with Gasteiger partial charge in [-0.3, -0.25) is 11.3 Å². The van der Waals surface area contributed by atoms with Crippen molar-refractivity contribution in [3.8, 4) is 0 Å². The van der Waals surface area contributed by atoms with Gasteiger partial charge in [-0.15, -0.1) is 0 Å². The van der Waals surface area contributed by atoms with Crippen molar-refractivity contribution >= 4 is 0 Å². The summed E-state index contributed by atoms with van der Waals surface area (Å²) < 4.78 is 0. The zero-order chi connectivity index (χ0) is 14.1. The molecule has 0 spiro atoms. The molecule has 0 saturated heterocycles. The minimum atomic E-state index is 0.296. The third-order valence-corrected chi connectivity index (χ3v) is 3.69. The molecule has 1 unspecified atom stereocenters. The summed E-state index contributed by atoms with van der Waals surface area (Å²) in [7, 11) is 0. The van der Waals surface area contributed by atoms with E-state index in [2.05, 4.69) is 44.4 Å². The number of hydrogen-bond acceptors (Lipinski definition) is 2. The highest BCUT2D eigenvalue weighted by molar-refractivity contribution is 5.30. The van der Waals surface area contributed by atoms with Crippen LogP contribution in [0.25, 0.3) is 0 Å². The highest BCUT2D eigenvalue weighted by Crippen LogP contribution is 2.22. The van der Waals surface area contributed by atoms with Gasteiger partial charge < -0.3 is 0 Å². The lowest BCUT2D eigenvalue weighted by Crippen LogP contribution is -2.28. The van der Waals surface area contributed by atoms with Gasteiger partial charge in [0.15, 0.2) is 0 Å². The first-order chi connectivity index (χ1) is 9.17. The highest BCUT2D eigenvalue weighted by atomic mass is 15.2. The molecule has 0 aliphatic heterocycles. The number of unbranched alkanes of at least 4 members (excludes halogenated alkanes) is 5. The lowest BCUT2D eigenvalue weighted by atomic mass is 9.97. The molecule has 2 heteroatoms. The Morgan fingerprint density at radius 2 is 1.53 bits per heavy atom. The van der Waals surface area contributed by atoms with Gasteiger partial charge in [-0.05, 0) is 25.8 Å². The van der Waals surface area contributed by atoms with E-state index >= 15 is 0 Å². The van der Waals surface area contributed by atoms with Crippen molar-refractivity contribution in [2.45, 2.75) is 71.8 Å². The molecule has 1 atom stereocenters. The third-order valence-electron chi connectivity index (χ3n) is 3.69. The van der Waals surface area contributed by atoms with Crippen LogP contribution in [-0.2, 0) is 0 Å². The van der Waals surface area contributed by atoms with Crippen LogP contribution in [0.5, 0.6) is 0 Å². The van der Waals surface area contributed by atoms with Crippen LogP contribution in [0.1, 0.15) is 74.6 Å². The van der Waals surface area contributed by atoms with Crippen molar-refractivity contribution in [2.24, 2.45) is 5.84 Å². The fraction of sp³-hybridized carbons (Fsp3) is 0.647. The number of nitrogens with one attached hydrogen (secondary N) is 1. The molecule has 0 radical (unpaired) electrons. The van der Waals surface area contributed by atoms with E-state index in [9.17, 15) is 0 Å². The molecule has 3 N–H and O–H groups in total. The quantitative estimate of drug-likeness (QED) is 0.389. The molecule has 1 rings (SSSR count). The van der Waals surface area contributed by atoms with E-state index in [1.807, 2.05) is 0 Å². The summed E-state index contributed by atoms with van der Waals surface area (Å²) in [6, 6.07) is 7.00. The van der Waals surface area contributed by atoms with Crippen LogP contribution in [0.4, 0.5) is 0 Å². The molecule has 1 aromatic rings. The first-order valence-corrected chi connectivity index (χ1v) is 7.71. The van der Waals surface area contributed by atoms with Gasteiger partial charge in [-0.2, -0.15) is 0 Å². The second-order valence-corrected chi connectivity index (χ2v) is 5.70. The predicted octanol–water partition coefficient (Wildman–Crippen LogP) is 4.56. The molecule has 0 aliphatic rings. The molecule has 0 fully saturated rings. The van der Waals surface area contributed by atoms with Gasteiger partial charge in [-0.25, -0.2) is 0 Å². The lowest BCUT2D eigenvalue weighted by Gasteiger charge is -2.17. The number of nitrogens with two attached hydrogens (primary N) is 1. The maximum Gasteiger partial charge on any atom is 0.0460 e. The number of rotatable bonds is 9. The minimum Gasteiger partial charge on any atom is -0.271 e. The second kappa shape index (κ2) is 9.11. The fourth-order valence-electron chi connectivity index (χ4n) is 2.69. The number of aryl methyl sites for hydroxylation is 2. The Balaban J connectivity index is 2.40. The summed E-state index contributed by atoms with van der Waals surface area (Å²) in [5.41, 5.74) is 6.94. The summed E-state index contributed by atoms with van der Waals surface area (Å²) in [5.74, 6) is 5.72. The van der Waals surface area contributed by atoms with Crippen LogP contribution in [0, 0.1) is 13.8 Å². The average molecular weight is 262 g/mol. The Labute approximate surface area is 118 Å². The second-order valence-electron chi connectivity index (χ2n) is 5.70. The normalized spacial score (nSPS) is 12.6. The minimum absolute atomic E-state index is 0.296. The van der Waals surface area contributed by atoms with Crippen molar-refractivity contribution < 1.29 is 0 Å². The van der Waals surface area contributed by atoms with E-state index in [0.717, 1.165) is 6.42 Å². The molecule has 1 aromatic carbocycles. The summed E-state index contributed by atoms with van der Waals surface area (Å²) in [4.78, 5) is 0. The van der Waals surface area contributed by atoms with Crippen molar-refractivity contribution in [1.82, 2.24) is 5.43 Å². The third kappa shape index (κ3) is 6.22. The Morgan fingerprint density at radius 3 is 2.11 bits per heavy atom. The molecule has 0 amide bonds. The fourth-order valence-corrected chi connectivity index (χ4v) is 2.69. The van der Waals surface area contributed by atoms with Crippen molar-refractivity contribution in [3.05, 3.63) is 34.9 Å². The first-order valence-electron chi connectivity index (χ1n) is 7.71. The van der Waals surface area contributed by atoms with Gasteiger partial charge in [-0.1, -0.05) is 74.8 Å². The van der Waals surface area contributed by atoms with Gasteiger partial charge in [0, 0.05) is 6.04 Å². The predicted molar refractivity (Wildman–Crippen MR) is 84.0 cm³/mol. The number of hydrazine groups is 1. The largest absolute Gasteiger partial charge is 0.271 e. The van der Waals surface area contributed by atoms with Crippen LogP contribution in [-0.4, -0.2) is 0 Å². The molecule has 19 heavy (non-hydrogen) atoms. The van der Waals surface area contributed by atoms with Gasteiger partial charge in [0.1, 0.15) is 0 Å². The topological polar surface area (TPSA) is 38.0 Å². The highest BCUT2D eigenvalue weighted by Gasteiger charge is 2.09. The Bertz CT molecular complexity index is 340.